The number of halogens is 2. The van der Waals surface area contributed by atoms with Gasteiger partial charge in [0.05, 0.1) is 35.4 Å². The van der Waals surface area contributed by atoms with E-state index in [4.69, 9.17) is 15.5 Å². The van der Waals surface area contributed by atoms with E-state index in [0.717, 1.165) is 49.2 Å². The van der Waals surface area contributed by atoms with Gasteiger partial charge in [-0.1, -0.05) is 0 Å². The molecular weight excluding hydrogens is 484 g/mol. The molecule has 2 N–H and O–H groups in total. The lowest BCUT2D eigenvalue weighted by atomic mass is 9.94. The maximum Gasteiger partial charge on any atom is 0.226 e. The Morgan fingerprint density at radius 1 is 1.17 bits per heavy atom. The van der Waals surface area contributed by atoms with Gasteiger partial charge in [0.25, 0.3) is 0 Å². The number of nitrogen functional groups attached to an aromatic ring is 1. The first kappa shape index (κ1) is 21.8. The Hall–Kier alpha value is -3.46. The third-order valence-electron chi connectivity index (χ3n) is 7.58. The predicted molar refractivity (Wildman–Crippen MR) is 132 cm³/mol. The zero-order chi connectivity index (χ0) is 24.7. The van der Waals surface area contributed by atoms with E-state index in [9.17, 15) is 9.65 Å². The van der Waals surface area contributed by atoms with Crippen LogP contribution < -0.4 is 10.6 Å². The van der Waals surface area contributed by atoms with E-state index in [1.807, 2.05) is 6.07 Å². The van der Waals surface area contributed by atoms with Gasteiger partial charge in [-0.05, 0) is 30.5 Å². The summed E-state index contributed by atoms with van der Waals surface area (Å²) >= 11 is 0.960. The highest BCUT2D eigenvalue weighted by Crippen LogP contribution is 2.45. The van der Waals surface area contributed by atoms with Gasteiger partial charge in [-0.25, -0.2) is 18.7 Å². The first-order chi connectivity index (χ1) is 17.4. The van der Waals surface area contributed by atoms with E-state index in [2.05, 4.69) is 26.8 Å². The molecule has 2 atom stereocenters. The number of fused-ring (bicyclic) bond motifs is 6. The quantitative estimate of drug-likeness (QED) is 0.439. The van der Waals surface area contributed by atoms with Crippen molar-refractivity contribution < 1.29 is 13.5 Å². The Kier molecular flexibility index (Phi) is 4.70. The third-order valence-corrected chi connectivity index (χ3v) is 8.61. The highest BCUT2D eigenvalue weighted by Gasteiger charge is 2.39. The number of thiophene rings is 1. The molecule has 0 amide bonds. The Morgan fingerprint density at radius 2 is 2.00 bits per heavy atom. The molecule has 0 spiro atoms. The highest BCUT2D eigenvalue weighted by atomic mass is 32.1. The minimum Gasteiger partial charge on any atom is -0.389 e. The smallest absolute Gasteiger partial charge is 0.226 e. The van der Waals surface area contributed by atoms with Gasteiger partial charge in [0.15, 0.2) is 11.6 Å². The fourth-order valence-electron chi connectivity index (χ4n) is 6.12. The molecular formula is C25H21F2N7OS. The highest BCUT2D eigenvalue weighted by molar-refractivity contribution is 7.23. The molecule has 0 aliphatic carbocycles. The van der Waals surface area contributed by atoms with E-state index in [1.165, 1.54) is 0 Å². The molecule has 7 rings (SSSR count). The van der Waals surface area contributed by atoms with Crippen LogP contribution in [0.2, 0.25) is 0 Å². The summed E-state index contributed by atoms with van der Waals surface area (Å²) in [6, 6.07) is 2.33. The maximum atomic E-state index is 16.5. The van der Waals surface area contributed by atoms with Gasteiger partial charge in [0.1, 0.15) is 16.6 Å². The van der Waals surface area contributed by atoms with Crippen LogP contribution in [0.25, 0.3) is 32.2 Å². The summed E-state index contributed by atoms with van der Waals surface area (Å²) in [5, 5.41) is 10.7. The van der Waals surface area contributed by atoms with Gasteiger partial charge in [0, 0.05) is 48.2 Å². The molecule has 36 heavy (non-hydrogen) atoms. The number of nitrogens with two attached hydrogens (primary N) is 1. The molecule has 8 nitrogen and oxygen atoms in total. The average Bonchev–Trinajstić information content (AvgIpc) is 3.55. The van der Waals surface area contributed by atoms with E-state index < -0.39 is 11.6 Å². The van der Waals surface area contributed by atoms with E-state index in [1.54, 1.807) is 6.20 Å². The normalized spacial score (nSPS) is 21.4. The second kappa shape index (κ2) is 7.77. The van der Waals surface area contributed by atoms with Crippen molar-refractivity contribution in [1.82, 2.24) is 19.9 Å². The van der Waals surface area contributed by atoms with Crippen molar-refractivity contribution in [1.29, 1.82) is 5.26 Å². The Morgan fingerprint density at radius 3 is 2.83 bits per heavy atom. The molecule has 1 aromatic carbocycles. The average molecular weight is 506 g/mol. The Balaban J connectivity index is 1.48. The van der Waals surface area contributed by atoms with Gasteiger partial charge >= 0.3 is 0 Å². The number of benzene rings is 1. The molecule has 11 heteroatoms. The van der Waals surface area contributed by atoms with Crippen LogP contribution in [0.5, 0.6) is 0 Å². The number of likely N-dealkylation sites (N-methyl/N-ethyl adjacent to an activating group) is 1. The summed E-state index contributed by atoms with van der Waals surface area (Å²) in [5.41, 5.74) is 8.05. The van der Waals surface area contributed by atoms with Crippen LogP contribution in [0.1, 0.15) is 23.1 Å². The number of nitriles is 1. The number of ether oxygens (including phenoxy) is 1. The lowest BCUT2D eigenvalue weighted by molar-refractivity contribution is 0.135. The first-order valence-electron chi connectivity index (χ1n) is 11.7. The number of anilines is 2. The molecule has 0 unspecified atom stereocenters. The number of aromatic nitrogens is 3. The minimum absolute atomic E-state index is 0.0981. The number of likely N-dealkylation sites (tertiary alicyclic amines) is 1. The molecule has 2 fully saturated rings. The molecule has 3 aromatic heterocycles. The van der Waals surface area contributed by atoms with Crippen LogP contribution in [0.4, 0.5) is 19.7 Å². The minimum atomic E-state index is -0.601. The Bertz CT molecular complexity index is 1630. The van der Waals surface area contributed by atoms with Crippen molar-refractivity contribution in [2.24, 2.45) is 5.92 Å². The van der Waals surface area contributed by atoms with Crippen LogP contribution in [0.3, 0.4) is 0 Å². The lowest BCUT2D eigenvalue weighted by Crippen LogP contribution is -2.40. The molecule has 2 saturated heterocycles. The molecule has 182 valence electrons. The summed E-state index contributed by atoms with van der Waals surface area (Å²) < 4.78 is 37.0. The molecule has 3 aliphatic rings. The van der Waals surface area contributed by atoms with Crippen LogP contribution in [-0.2, 0) is 18.0 Å². The van der Waals surface area contributed by atoms with Gasteiger partial charge in [-0.3, -0.25) is 4.98 Å². The van der Waals surface area contributed by atoms with Crippen molar-refractivity contribution in [2.45, 2.75) is 25.7 Å². The largest absolute Gasteiger partial charge is 0.389 e. The topological polar surface area (TPSA) is 104 Å². The fraction of sp³-hybridized carbons (Fsp3) is 0.360. The number of pyridine rings is 1. The Labute approximate surface area is 208 Å². The van der Waals surface area contributed by atoms with Crippen molar-refractivity contribution >= 4 is 43.3 Å². The molecule has 3 aliphatic heterocycles. The predicted octanol–water partition coefficient (Wildman–Crippen LogP) is 3.81. The van der Waals surface area contributed by atoms with Crippen molar-refractivity contribution in [2.75, 3.05) is 37.3 Å². The fourth-order valence-corrected chi connectivity index (χ4v) is 7.04. The molecule has 6 heterocycles. The van der Waals surface area contributed by atoms with Gasteiger partial charge in [-0.2, -0.15) is 5.26 Å². The standard InChI is InChI=1S/C25H21F2N7OS/c1-33-6-11-2-12(8-33)34(7-11)25-31-4-14-15-9-35-10-16(15)18(20(27)21(14)32-25)22-19-13(3-28)24(29)36-23(19)17(26)5-30-22/h4-5,11-12H,2,6-10,29H2,1H3/t11-,12+/m1/s1. The van der Waals surface area contributed by atoms with Gasteiger partial charge < -0.3 is 20.3 Å². The summed E-state index contributed by atoms with van der Waals surface area (Å²) in [6.07, 6.45) is 3.81. The lowest BCUT2D eigenvalue weighted by Gasteiger charge is -2.29. The summed E-state index contributed by atoms with van der Waals surface area (Å²) in [6.45, 7) is 3.23. The van der Waals surface area contributed by atoms with E-state index in [0.29, 0.717) is 22.8 Å². The third kappa shape index (κ3) is 2.98. The van der Waals surface area contributed by atoms with Crippen LogP contribution in [-0.4, -0.2) is 52.6 Å². The number of nitrogens with zero attached hydrogens (tertiary/aromatic N) is 6. The van der Waals surface area contributed by atoms with E-state index >= 15 is 4.39 Å². The van der Waals surface area contributed by atoms with Crippen molar-refractivity contribution in [3.05, 3.63) is 40.7 Å². The molecule has 0 saturated carbocycles. The SMILES string of the molecule is CN1C[C@H]2C[C@@H](C1)N(c1ncc3c4c(c(-c5ncc(F)c6sc(N)c(C#N)c56)c(F)c3n1)COC4)C2. The first-order valence-corrected chi connectivity index (χ1v) is 12.6. The van der Waals surface area contributed by atoms with Crippen LogP contribution in [0.15, 0.2) is 12.4 Å². The van der Waals surface area contributed by atoms with Crippen LogP contribution in [0, 0.1) is 28.9 Å². The monoisotopic (exact) mass is 505 g/mol. The van der Waals surface area contributed by atoms with Crippen molar-refractivity contribution in [3.63, 3.8) is 0 Å². The summed E-state index contributed by atoms with van der Waals surface area (Å²) in [7, 11) is 2.11. The van der Waals surface area contributed by atoms with Crippen LogP contribution >= 0.6 is 11.3 Å². The molecule has 0 radical (unpaired) electrons. The van der Waals surface area contributed by atoms with Gasteiger partial charge in [0.2, 0.25) is 5.95 Å². The zero-order valence-corrected chi connectivity index (χ0v) is 20.2. The number of piperidine rings is 1. The number of hydrogen-bond acceptors (Lipinski definition) is 9. The van der Waals surface area contributed by atoms with Gasteiger partial charge in [-0.15, -0.1) is 11.3 Å². The van der Waals surface area contributed by atoms with Crippen molar-refractivity contribution in [3.8, 4) is 17.3 Å². The second-order valence-corrected chi connectivity index (χ2v) is 10.9. The summed E-state index contributed by atoms with van der Waals surface area (Å²) in [5.74, 6) is -0.141. The molecule has 2 bridgehead atoms. The maximum absolute atomic E-state index is 16.5. The summed E-state index contributed by atoms with van der Waals surface area (Å²) in [4.78, 5) is 18.1. The second-order valence-electron chi connectivity index (χ2n) is 9.81. The molecule has 4 aromatic rings. The van der Waals surface area contributed by atoms with E-state index in [-0.39, 0.29) is 56.7 Å². The number of rotatable bonds is 2. The zero-order valence-electron chi connectivity index (χ0n) is 19.4. The number of hydrogen-bond donors (Lipinski definition) is 1.